The summed E-state index contributed by atoms with van der Waals surface area (Å²) in [4.78, 5) is 44.3. The molecular formula is C28H28N4O4. The first-order valence-electron chi connectivity index (χ1n) is 11.6. The molecule has 184 valence electrons. The Bertz CT molecular complexity index is 1300. The molecule has 4 rings (SSSR count). The number of carbonyl (C=O) groups excluding carboxylic acids is 3. The fourth-order valence-corrected chi connectivity index (χ4v) is 4.00. The summed E-state index contributed by atoms with van der Waals surface area (Å²) >= 11 is 0. The van der Waals surface area contributed by atoms with Gasteiger partial charge in [0.1, 0.15) is 5.92 Å². The third kappa shape index (κ3) is 5.50. The Kier molecular flexibility index (Phi) is 7.56. The molecule has 2 amide bonds. The van der Waals surface area contributed by atoms with Gasteiger partial charge in [-0.1, -0.05) is 36.4 Å². The summed E-state index contributed by atoms with van der Waals surface area (Å²) in [6.07, 6.45) is 0. The van der Waals surface area contributed by atoms with E-state index in [1.807, 2.05) is 49.3 Å². The summed E-state index contributed by atoms with van der Waals surface area (Å²) in [5.74, 6) is -1.52. The Hall–Kier alpha value is -4.30. The van der Waals surface area contributed by atoms with Gasteiger partial charge in [0.25, 0.3) is 5.91 Å². The molecule has 8 heteroatoms. The lowest BCUT2D eigenvalue weighted by Gasteiger charge is -2.14. The van der Waals surface area contributed by atoms with Gasteiger partial charge in [-0.15, -0.1) is 0 Å². The molecular weight excluding hydrogens is 456 g/mol. The number of hydrogen-bond donors (Lipinski definition) is 2. The van der Waals surface area contributed by atoms with Crippen molar-refractivity contribution in [2.75, 3.05) is 39.6 Å². The Morgan fingerprint density at radius 3 is 2.33 bits per heavy atom. The second-order valence-corrected chi connectivity index (χ2v) is 8.68. The molecule has 0 aliphatic carbocycles. The second-order valence-electron chi connectivity index (χ2n) is 8.68. The number of likely N-dealkylation sites (N-methyl/N-ethyl adjacent to an activating group) is 1. The van der Waals surface area contributed by atoms with E-state index in [0.717, 1.165) is 17.7 Å². The Morgan fingerprint density at radius 2 is 1.67 bits per heavy atom. The van der Waals surface area contributed by atoms with Crippen LogP contribution in [0.3, 0.4) is 0 Å². The number of aliphatic imine (C=N–C) groups is 1. The molecule has 36 heavy (non-hydrogen) atoms. The lowest BCUT2D eigenvalue weighted by atomic mass is 9.90. The number of esters is 1. The minimum absolute atomic E-state index is 0.152. The van der Waals surface area contributed by atoms with Crippen molar-refractivity contribution in [3.8, 4) is 0 Å². The smallest absolute Gasteiger partial charge is 0.337 e. The van der Waals surface area contributed by atoms with Crippen LogP contribution in [0.25, 0.3) is 0 Å². The Morgan fingerprint density at radius 1 is 0.972 bits per heavy atom. The average Bonchev–Trinajstić information content (AvgIpc) is 3.22. The highest BCUT2D eigenvalue weighted by Crippen LogP contribution is 2.37. The van der Waals surface area contributed by atoms with Crippen LogP contribution in [-0.4, -0.2) is 62.7 Å². The molecule has 3 aromatic rings. The van der Waals surface area contributed by atoms with E-state index in [1.165, 1.54) is 7.11 Å². The molecule has 1 aliphatic rings. The SMILES string of the molecule is COC(=O)c1ccc2c(c1)NC(=O)C2C(=Nc1ccc(C(=O)NCCN(C)C)cc1)c1ccccc1. The summed E-state index contributed by atoms with van der Waals surface area (Å²) in [5, 5.41) is 5.76. The summed E-state index contributed by atoms with van der Waals surface area (Å²) in [6.45, 7) is 1.30. The van der Waals surface area contributed by atoms with Crippen molar-refractivity contribution in [3.05, 3.63) is 95.1 Å². The van der Waals surface area contributed by atoms with Gasteiger partial charge in [0.05, 0.1) is 24.1 Å². The molecule has 2 N–H and O–H groups in total. The number of amides is 2. The molecule has 1 unspecified atom stereocenters. The zero-order chi connectivity index (χ0) is 25.7. The van der Waals surface area contributed by atoms with Crippen molar-refractivity contribution in [2.45, 2.75) is 5.92 Å². The number of anilines is 1. The third-order valence-electron chi connectivity index (χ3n) is 5.87. The highest BCUT2D eigenvalue weighted by molar-refractivity contribution is 6.24. The van der Waals surface area contributed by atoms with Gasteiger partial charge in [-0.25, -0.2) is 4.79 Å². The maximum absolute atomic E-state index is 13.1. The topological polar surface area (TPSA) is 100 Å². The maximum Gasteiger partial charge on any atom is 0.337 e. The van der Waals surface area contributed by atoms with Crippen molar-refractivity contribution in [2.24, 2.45) is 4.99 Å². The number of benzene rings is 3. The van der Waals surface area contributed by atoms with Gasteiger partial charge in [-0.05, 0) is 61.6 Å². The van der Waals surface area contributed by atoms with E-state index in [4.69, 9.17) is 9.73 Å². The van der Waals surface area contributed by atoms with Crippen LogP contribution in [0.2, 0.25) is 0 Å². The van der Waals surface area contributed by atoms with Crippen LogP contribution < -0.4 is 10.6 Å². The molecule has 0 radical (unpaired) electrons. The van der Waals surface area contributed by atoms with Crippen LogP contribution in [0, 0.1) is 0 Å². The lowest BCUT2D eigenvalue weighted by Crippen LogP contribution is -2.31. The molecule has 0 spiro atoms. The van der Waals surface area contributed by atoms with Crippen LogP contribution in [0.5, 0.6) is 0 Å². The van der Waals surface area contributed by atoms with E-state index in [0.29, 0.717) is 34.8 Å². The van der Waals surface area contributed by atoms with Crippen LogP contribution in [0.15, 0.2) is 77.8 Å². The van der Waals surface area contributed by atoms with Gasteiger partial charge in [0.15, 0.2) is 0 Å². The fourth-order valence-electron chi connectivity index (χ4n) is 4.00. The van der Waals surface area contributed by atoms with Crippen LogP contribution in [0.4, 0.5) is 11.4 Å². The zero-order valence-electron chi connectivity index (χ0n) is 20.4. The van der Waals surface area contributed by atoms with Crippen molar-refractivity contribution in [1.82, 2.24) is 10.2 Å². The monoisotopic (exact) mass is 484 g/mol. The molecule has 1 heterocycles. The van der Waals surface area contributed by atoms with E-state index in [-0.39, 0.29) is 11.8 Å². The third-order valence-corrected chi connectivity index (χ3v) is 5.87. The highest BCUT2D eigenvalue weighted by Gasteiger charge is 2.36. The van der Waals surface area contributed by atoms with Crippen LogP contribution in [-0.2, 0) is 9.53 Å². The zero-order valence-corrected chi connectivity index (χ0v) is 20.4. The Labute approximate surface area is 210 Å². The number of carbonyl (C=O) groups is 3. The van der Waals surface area contributed by atoms with E-state index in [1.54, 1.807) is 42.5 Å². The van der Waals surface area contributed by atoms with Gasteiger partial charge in [-0.3, -0.25) is 14.6 Å². The molecule has 1 aliphatic heterocycles. The number of methoxy groups -OCH3 is 1. The number of fused-ring (bicyclic) bond motifs is 1. The van der Waals surface area contributed by atoms with E-state index >= 15 is 0 Å². The molecule has 0 aromatic heterocycles. The number of ether oxygens (including phenoxy) is 1. The number of nitrogens with zero attached hydrogens (tertiary/aromatic N) is 2. The minimum atomic E-state index is -0.664. The standard InChI is InChI=1S/C28H28N4O4/c1-32(2)16-15-29-26(33)19-9-12-21(13-10-19)30-25(18-7-5-4-6-8-18)24-22-14-11-20(28(35)36-3)17-23(22)31-27(24)34/h4-14,17,24H,15-16H2,1-3H3,(H,29,33)(H,31,34). The van der Waals surface area contributed by atoms with Gasteiger partial charge in [0.2, 0.25) is 5.91 Å². The second kappa shape index (κ2) is 11.0. The van der Waals surface area contributed by atoms with Crippen molar-refractivity contribution in [3.63, 3.8) is 0 Å². The molecule has 0 saturated heterocycles. The molecule has 8 nitrogen and oxygen atoms in total. The minimum Gasteiger partial charge on any atom is -0.465 e. The molecule has 0 bridgehead atoms. The van der Waals surface area contributed by atoms with Gasteiger partial charge >= 0.3 is 5.97 Å². The summed E-state index contributed by atoms with van der Waals surface area (Å²) in [7, 11) is 5.21. The summed E-state index contributed by atoms with van der Waals surface area (Å²) in [5.41, 5.74) is 4.16. The summed E-state index contributed by atoms with van der Waals surface area (Å²) < 4.78 is 4.80. The van der Waals surface area contributed by atoms with Crippen LogP contribution >= 0.6 is 0 Å². The maximum atomic E-state index is 13.1. The Balaban J connectivity index is 1.66. The lowest BCUT2D eigenvalue weighted by molar-refractivity contribution is -0.115. The fraction of sp³-hybridized carbons (Fsp3) is 0.214. The van der Waals surface area contributed by atoms with Crippen molar-refractivity contribution < 1.29 is 19.1 Å². The first kappa shape index (κ1) is 24.8. The van der Waals surface area contributed by atoms with E-state index in [9.17, 15) is 14.4 Å². The first-order valence-corrected chi connectivity index (χ1v) is 11.6. The highest BCUT2D eigenvalue weighted by atomic mass is 16.5. The first-order chi connectivity index (χ1) is 17.4. The summed E-state index contributed by atoms with van der Waals surface area (Å²) in [6, 6.07) is 21.5. The quantitative estimate of drug-likeness (QED) is 0.376. The van der Waals surface area contributed by atoms with Crippen LogP contribution in [0.1, 0.15) is 37.8 Å². The predicted molar refractivity (Wildman–Crippen MR) is 139 cm³/mol. The van der Waals surface area contributed by atoms with E-state index in [2.05, 4.69) is 10.6 Å². The molecule has 0 fully saturated rings. The average molecular weight is 485 g/mol. The largest absolute Gasteiger partial charge is 0.465 e. The molecule has 0 saturated carbocycles. The number of rotatable bonds is 8. The van der Waals surface area contributed by atoms with Crippen molar-refractivity contribution in [1.29, 1.82) is 0 Å². The van der Waals surface area contributed by atoms with Gasteiger partial charge < -0.3 is 20.3 Å². The number of nitrogens with one attached hydrogen (secondary N) is 2. The van der Waals surface area contributed by atoms with Gasteiger partial charge in [0, 0.05) is 24.3 Å². The number of hydrogen-bond acceptors (Lipinski definition) is 6. The van der Waals surface area contributed by atoms with Gasteiger partial charge in [-0.2, -0.15) is 0 Å². The molecule has 3 aromatic carbocycles. The van der Waals surface area contributed by atoms with Crippen molar-refractivity contribution >= 4 is 34.9 Å². The van der Waals surface area contributed by atoms with E-state index < -0.39 is 11.9 Å². The predicted octanol–water partition coefficient (Wildman–Crippen LogP) is 3.62. The normalized spacial score (nSPS) is 14.8. The molecule has 1 atom stereocenters.